The van der Waals surface area contributed by atoms with Gasteiger partial charge < -0.3 is 9.45 Å². The number of amides is 3. The van der Waals surface area contributed by atoms with E-state index in [0.717, 1.165) is 31.2 Å². The van der Waals surface area contributed by atoms with Crippen molar-refractivity contribution in [2.24, 2.45) is 0 Å². The highest BCUT2D eigenvalue weighted by atomic mass is 32.3. The van der Waals surface area contributed by atoms with Crippen LogP contribution < -0.4 is 5.32 Å². The number of hydrogen-bond donors (Lipinski definition) is 1. The lowest BCUT2D eigenvalue weighted by atomic mass is 10.0. The molecule has 1 aromatic carbocycles. The number of piperidine rings is 1. The summed E-state index contributed by atoms with van der Waals surface area (Å²) in [6.07, 6.45) is 5.21. The second-order valence-electron chi connectivity index (χ2n) is 9.48. The minimum atomic E-state index is -3.35. The van der Waals surface area contributed by atoms with Crippen LogP contribution in [0.2, 0.25) is 0 Å². The second kappa shape index (κ2) is 7.52. The first-order valence-electron chi connectivity index (χ1n) is 11.5. The van der Waals surface area contributed by atoms with Gasteiger partial charge in [0.25, 0.3) is 5.91 Å². The quantitative estimate of drug-likeness (QED) is 0.497. The number of sulfonamides is 1. The van der Waals surface area contributed by atoms with Crippen LogP contribution in [0.1, 0.15) is 60.1 Å². The summed E-state index contributed by atoms with van der Waals surface area (Å²) >= 11 is 0. The Bertz CT molecular complexity index is 1270. The first-order chi connectivity index (χ1) is 16.3. The van der Waals surface area contributed by atoms with Crippen LogP contribution in [0.5, 0.6) is 0 Å². The molecule has 1 aromatic heterocycles. The van der Waals surface area contributed by atoms with Crippen LogP contribution in [0, 0.1) is 0 Å². The monoisotopic (exact) mass is 484 g/mol. The van der Waals surface area contributed by atoms with Gasteiger partial charge in [0, 0.05) is 49.9 Å². The Morgan fingerprint density at radius 1 is 1.21 bits per heavy atom. The van der Waals surface area contributed by atoms with E-state index in [4.69, 9.17) is 0 Å². The molecule has 3 fully saturated rings. The first kappa shape index (κ1) is 21.6. The molecule has 1 aliphatic carbocycles. The summed E-state index contributed by atoms with van der Waals surface area (Å²) in [5, 5.41) is 10.7. The normalized spacial score (nSPS) is 28.3. The molecule has 3 amide bonds. The van der Waals surface area contributed by atoms with Gasteiger partial charge in [-0.1, -0.05) is 15.5 Å². The number of rotatable bonds is 4. The molecule has 11 nitrogen and oxygen atoms in total. The Morgan fingerprint density at radius 2 is 2.03 bits per heavy atom. The van der Waals surface area contributed by atoms with Crippen LogP contribution in [0.4, 0.5) is 0 Å². The van der Waals surface area contributed by atoms with E-state index >= 15 is 0 Å². The molecule has 0 radical (unpaired) electrons. The molecule has 178 valence electrons. The van der Waals surface area contributed by atoms with E-state index in [9.17, 15) is 23.1 Å². The number of hydrogen-bond acceptors (Lipinski definition) is 7. The van der Waals surface area contributed by atoms with Crippen molar-refractivity contribution in [3.63, 3.8) is 0 Å². The molecular formula is C22H24N6O5S. The highest BCUT2D eigenvalue weighted by molar-refractivity contribution is 7.97. The standard InChI is InChI=1S/C22H24N6O5S/c29-19-6-5-18(20(30)23-19)27-13-16-15(21(27)31)3-1-4-17(16)28-12-14(24-25-28)11-26-10-2-7-22(8-9-22)34(26,32)33/h1,3-4,12,18H,2,5-11,13H2,(H-,23,29,30,32,33). The van der Waals surface area contributed by atoms with Crippen molar-refractivity contribution in [3.05, 3.63) is 41.2 Å². The van der Waals surface area contributed by atoms with Crippen molar-refractivity contribution < 1.29 is 23.1 Å². The predicted octanol–water partition coefficient (Wildman–Crippen LogP) is 0.702. The summed E-state index contributed by atoms with van der Waals surface area (Å²) in [6, 6.07) is 4.57. The highest BCUT2D eigenvalue weighted by Crippen LogP contribution is 2.53. The number of carbonyl (C=O) groups is 3. The first-order valence-corrected chi connectivity index (χ1v) is 12.9. The number of fused-ring (bicyclic) bond motifs is 1. The van der Waals surface area contributed by atoms with Gasteiger partial charge in [-0.25, -0.2) is 4.68 Å². The fourth-order valence-corrected chi connectivity index (χ4v) is 7.60. The zero-order valence-electron chi connectivity index (χ0n) is 18.4. The van der Waals surface area contributed by atoms with Crippen LogP contribution in [0.15, 0.2) is 24.4 Å². The molecule has 1 spiro atoms. The molecule has 34 heavy (non-hydrogen) atoms. The van der Waals surface area contributed by atoms with E-state index in [1.165, 1.54) is 9.21 Å². The molecule has 2 saturated heterocycles. The van der Waals surface area contributed by atoms with E-state index in [2.05, 4.69) is 15.6 Å². The SMILES string of the molecule is O=C1CCC(N2Cc3c(cccc3-n3cc(CN4CCCC5(CC5)[S+]4(=O)[O-])nn3)C2=O)C(=O)N1. The fraction of sp³-hybridized carbons (Fsp3) is 0.500. The number of nitrogens with one attached hydrogen (secondary N) is 1. The van der Waals surface area contributed by atoms with Crippen LogP contribution in [0.25, 0.3) is 5.69 Å². The van der Waals surface area contributed by atoms with Gasteiger partial charge in [0.1, 0.15) is 26.9 Å². The minimum Gasteiger partial charge on any atom is -0.597 e. The Hall–Kier alpha value is -2.96. The molecular weight excluding hydrogens is 460 g/mol. The Labute approximate surface area is 196 Å². The molecule has 0 bridgehead atoms. The summed E-state index contributed by atoms with van der Waals surface area (Å²) in [5.74, 6) is -1.05. The van der Waals surface area contributed by atoms with Crippen molar-refractivity contribution in [2.75, 3.05) is 6.54 Å². The molecule has 4 aliphatic rings. The smallest absolute Gasteiger partial charge is 0.255 e. The van der Waals surface area contributed by atoms with E-state index in [1.807, 2.05) is 6.07 Å². The maximum absolute atomic E-state index is 13.1. The molecule has 2 unspecified atom stereocenters. The van der Waals surface area contributed by atoms with Gasteiger partial charge in [-0.15, -0.1) is 9.40 Å². The molecule has 1 saturated carbocycles. The van der Waals surface area contributed by atoms with Gasteiger partial charge in [0.15, 0.2) is 0 Å². The number of aromatic nitrogens is 3. The summed E-state index contributed by atoms with van der Waals surface area (Å²) in [5.41, 5.74) is 2.38. The minimum absolute atomic E-state index is 0.167. The van der Waals surface area contributed by atoms with Gasteiger partial charge in [-0.05, 0) is 25.0 Å². The van der Waals surface area contributed by atoms with Gasteiger partial charge in [-0.2, -0.15) is 0 Å². The maximum Gasteiger partial charge on any atom is 0.255 e. The lowest BCUT2D eigenvalue weighted by molar-refractivity contribution is -0.136. The zero-order chi connectivity index (χ0) is 23.7. The van der Waals surface area contributed by atoms with Crippen LogP contribution in [-0.4, -0.2) is 63.8 Å². The zero-order valence-corrected chi connectivity index (χ0v) is 19.3. The van der Waals surface area contributed by atoms with E-state index in [0.29, 0.717) is 29.9 Å². The molecule has 12 heteroatoms. The topological polar surface area (TPSA) is 141 Å². The predicted molar refractivity (Wildman–Crippen MR) is 118 cm³/mol. The van der Waals surface area contributed by atoms with Crippen molar-refractivity contribution in [1.82, 2.24) is 29.5 Å². The van der Waals surface area contributed by atoms with E-state index in [-0.39, 0.29) is 31.3 Å². The van der Waals surface area contributed by atoms with Crippen LogP contribution in [0.3, 0.4) is 0 Å². The lowest BCUT2D eigenvalue weighted by Crippen LogP contribution is -2.52. The van der Waals surface area contributed by atoms with E-state index in [1.54, 1.807) is 23.0 Å². The summed E-state index contributed by atoms with van der Waals surface area (Å²) in [7, 11) is -3.35. The Morgan fingerprint density at radius 3 is 2.79 bits per heavy atom. The third-order valence-electron chi connectivity index (χ3n) is 7.42. The van der Waals surface area contributed by atoms with E-state index < -0.39 is 27.1 Å². The molecule has 1 N–H and O–H groups in total. The number of benzene rings is 1. The summed E-state index contributed by atoms with van der Waals surface area (Å²) in [4.78, 5) is 38.4. The highest BCUT2D eigenvalue weighted by Gasteiger charge is 2.62. The molecule has 3 aliphatic heterocycles. The Balaban J connectivity index is 1.24. The Kier molecular flexibility index (Phi) is 4.77. The average molecular weight is 485 g/mol. The third kappa shape index (κ3) is 3.23. The van der Waals surface area contributed by atoms with Crippen LogP contribution in [-0.2, 0) is 37.3 Å². The average Bonchev–Trinajstić information content (AvgIpc) is 3.32. The van der Waals surface area contributed by atoms with Gasteiger partial charge in [-0.3, -0.25) is 19.7 Å². The van der Waals surface area contributed by atoms with Crippen molar-refractivity contribution in [3.8, 4) is 5.69 Å². The molecule has 2 aromatic rings. The largest absolute Gasteiger partial charge is 0.597 e. The molecule has 6 rings (SSSR count). The number of imide groups is 1. The van der Waals surface area contributed by atoms with Gasteiger partial charge >= 0.3 is 0 Å². The maximum atomic E-state index is 13.1. The van der Waals surface area contributed by atoms with Gasteiger partial charge in [0.2, 0.25) is 11.8 Å². The lowest BCUT2D eigenvalue weighted by Gasteiger charge is -2.37. The molecule has 2 atom stereocenters. The van der Waals surface area contributed by atoms with Crippen molar-refractivity contribution in [2.45, 2.75) is 62.4 Å². The van der Waals surface area contributed by atoms with Crippen molar-refractivity contribution in [1.29, 1.82) is 0 Å². The third-order valence-corrected chi connectivity index (χ3v) is 10.1. The van der Waals surface area contributed by atoms with Crippen molar-refractivity contribution >= 4 is 28.1 Å². The van der Waals surface area contributed by atoms with Gasteiger partial charge in [0.05, 0.1) is 18.4 Å². The second-order valence-corrected chi connectivity index (χ2v) is 11.8. The molecule has 4 heterocycles. The van der Waals surface area contributed by atoms with Crippen LogP contribution >= 0.6 is 0 Å². The summed E-state index contributed by atoms with van der Waals surface area (Å²) < 4.78 is 28.5. The number of carbonyl (C=O) groups excluding carboxylic acids is 3. The number of nitrogens with zero attached hydrogens (tertiary/aromatic N) is 5. The fourth-order valence-electron chi connectivity index (χ4n) is 5.37. The summed E-state index contributed by atoms with van der Waals surface area (Å²) in [6.45, 7) is 0.863.